The Labute approximate surface area is 97.8 Å². The summed E-state index contributed by atoms with van der Waals surface area (Å²) in [5, 5.41) is 2.07. The molecule has 0 amide bonds. The summed E-state index contributed by atoms with van der Waals surface area (Å²) in [4.78, 5) is 2.54. The maximum atomic E-state index is 6.05. The Balaban J connectivity index is 2.30. The summed E-state index contributed by atoms with van der Waals surface area (Å²) in [6, 6.07) is 2.10. The minimum absolute atomic E-state index is 0.849. The largest absolute Gasteiger partial charge is 0.396 e. The molecule has 0 radical (unpaired) electrons. The van der Waals surface area contributed by atoms with Crippen LogP contribution in [0.3, 0.4) is 0 Å². The van der Waals surface area contributed by atoms with Crippen molar-refractivity contribution in [1.29, 1.82) is 0 Å². The molecule has 0 atom stereocenters. The lowest BCUT2D eigenvalue weighted by Crippen LogP contribution is -2.03. The minimum Gasteiger partial charge on any atom is -0.396 e. The highest BCUT2D eigenvalue weighted by atomic mass is 32.1. The molecule has 0 aliphatic heterocycles. The van der Waals surface area contributed by atoms with Crippen LogP contribution in [0.2, 0.25) is 0 Å². The van der Waals surface area contributed by atoms with Crippen LogP contribution < -0.4 is 5.73 Å². The van der Waals surface area contributed by atoms with E-state index in [1.165, 1.54) is 21.0 Å². The summed E-state index contributed by atoms with van der Waals surface area (Å²) >= 11 is 3.42. The van der Waals surface area contributed by atoms with Gasteiger partial charge >= 0.3 is 0 Å². The summed E-state index contributed by atoms with van der Waals surface area (Å²) in [7, 11) is 0. The SMILES string of the molecule is Cc1ccsc1/C(N)=C/n1sc(C)c1C. The van der Waals surface area contributed by atoms with E-state index in [0.29, 0.717) is 0 Å². The van der Waals surface area contributed by atoms with Crippen molar-refractivity contribution >= 4 is 34.8 Å². The first-order valence-corrected chi connectivity index (χ1v) is 6.41. The standard InChI is InChI=1S/C11H14N2S2/c1-7-4-5-14-11(7)10(12)6-13-8(2)9(3)15-13/h4-6H,12H2,1-3H3/b10-6-. The Hall–Kier alpha value is -1.00. The van der Waals surface area contributed by atoms with Gasteiger partial charge in [0, 0.05) is 16.8 Å². The molecule has 2 aromatic heterocycles. The molecule has 0 aliphatic carbocycles. The number of nitrogens with two attached hydrogens (primary N) is 1. The number of thiophene rings is 1. The van der Waals surface area contributed by atoms with Gasteiger partial charge in [0.25, 0.3) is 0 Å². The van der Waals surface area contributed by atoms with Gasteiger partial charge in [0.1, 0.15) is 0 Å². The zero-order valence-corrected chi connectivity index (χ0v) is 10.7. The van der Waals surface area contributed by atoms with E-state index in [2.05, 4.69) is 36.2 Å². The minimum atomic E-state index is 0.849. The van der Waals surface area contributed by atoms with E-state index in [1.54, 1.807) is 22.9 Å². The van der Waals surface area contributed by atoms with Crippen LogP contribution in [0.15, 0.2) is 11.4 Å². The molecule has 0 saturated heterocycles. The fraction of sp³-hybridized carbons (Fsp3) is 0.273. The van der Waals surface area contributed by atoms with Gasteiger partial charge in [-0.3, -0.25) is 3.96 Å². The molecule has 0 spiro atoms. The second-order valence-electron chi connectivity index (χ2n) is 3.58. The molecule has 0 bridgehead atoms. The Morgan fingerprint density at radius 2 is 2.13 bits per heavy atom. The van der Waals surface area contributed by atoms with E-state index in [0.717, 1.165) is 5.70 Å². The van der Waals surface area contributed by atoms with Crippen LogP contribution in [0.1, 0.15) is 21.0 Å². The molecule has 4 heteroatoms. The number of hydrogen-bond donors (Lipinski definition) is 1. The zero-order chi connectivity index (χ0) is 11.0. The van der Waals surface area contributed by atoms with Crippen molar-refractivity contribution in [2.24, 2.45) is 5.73 Å². The quantitative estimate of drug-likeness (QED) is 0.853. The third-order valence-corrected chi connectivity index (χ3v) is 4.67. The highest BCUT2D eigenvalue weighted by molar-refractivity contribution is 7.11. The van der Waals surface area contributed by atoms with Gasteiger partial charge in [0.05, 0.1) is 10.6 Å². The van der Waals surface area contributed by atoms with Crippen LogP contribution in [0.25, 0.3) is 11.9 Å². The first-order chi connectivity index (χ1) is 7.09. The van der Waals surface area contributed by atoms with E-state index in [9.17, 15) is 0 Å². The highest BCUT2D eigenvalue weighted by Gasteiger charge is 2.07. The fourth-order valence-electron chi connectivity index (χ4n) is 1.37. The van der Waals surface area contributed by atoms with E-state index in [-0.39, 0.29) is 0 Å². The summed E-state index contributed by atoms with van der Waals surface area (Å²) in [6.45, 7) is 6.32. The average Bonchev–Trinajstić information content (AvgIpc) is 2.63. The van der Waals surface area contributed by atoms with Gasteiger partial charge in [-0.25, -0.2) is 0 Å². The van der Waals surface area contributed by atoms with Crippen LogP contribution in [0.4, 0.5) is 0 Å². The first kappa shape index (κ1) is 10.5. The molecule has 2 N–H and O–H groups in total. The molecule has 2 heterocycles. The molecule has 0 unspecified atom stereocenters. The Morgan fingerprint density at radius 3 is 2.60 bits per heavy atom. The number of aryl methyl sites for hydroxylation is 2. The van der Waals surface area contributed by atoms with Crippen LogP contribution in [0.5, 0.6) is 0 Å². The van der Waals surface area contributed by atoms with Crippen molar-refractivity contribution < 1.29 is 0 Å². The summed E-state index contributed by atoms with van der Waals surface area (Å²) in [5.74, 6) is 0. The summed E-state index contributed by atoms with van der Waals surface area (Å²) in [6.07, 6.45) is 2.01. The van der Waals surface area contributed by atoms with Crippen molar-refractivity contribution in [1.82, 2.24) is 3.96 Å². The molecule has 2 rings (SSSR count). The lowest BCUT2D eigenvalue weighted by atomic mass is 10.2. The van der Waals surface area contributed by atoms with Crippen molar-refractivity contribution in [3.63, 3.8) is 0 Å². The second kappa shape index (κ2) is 3.87. The molecule has 0 saturated carbocycles. The van der Waals surface area contributed by atoms with Crippen LogP contribution >= 0.6 is 22.9 Å². The number of aromatic nitrogens is 1. The van der Waals surface area contributed by atoms with E-state index >= 15 is 0 Å². The van der Waals surface area contributed by atoms with Crippen molar-refractivity contribution in [3.05, 3.63) is 32.5 Å². The van der Waals surface area contributed by atoms with E-state index in [4.69, 9.17) is 5.73 Å². The van der Waals surface area contributed by atoms with E-state index < -0.39 is 0 Å². The Morgan fingerprint density at radius 1 is 1.40 bits per heavy atom. The van der Waals surface area contributed by atoms with Crippen molar-refractivity contribution in [2.75, 3.05) is 0 Å². The normalized spacial score (nSPS) is 12.3. The lowest BCUT2D eigenvalue weighted by Gasteiger charge is -2.13. The third kappa shape index (κ3) is 1.87. The molecule has 15 heavy (non-hydrogen) atoms. The maximum Gasteiger partial charge on any atom is 0.0670 e. The molecule has 0 aromatic carbocycles. The highest BCUT2D eigenvalue weighted by Crippen LogP contribution is 2.25. The zero-order valence-electron chi connectivity index (χ0n) is 9.07. The second-order valence-corrected chi connectivity index (χ2v) is 5.68. The lowest BCUT2D eigenvalue weighted by molar-refractivity contribution is 1.11. The molecular formula is C11H14N2S2. The Bertz CT molecular complexity index is 500. The summed E-state index contributed by atoms with van der Waals surface area (Å²) < 4.78 is 2.11. The molecule has 80 valence electrons. The van der Waals surface area contributed by atoms with Crippen LogP contribution in [0, 0.1) is 20.8 Å². The third-order valence-electron chi connectivity index (χ3n) is 2.46. The molecule has 0 aliphatic rings. The number of hydrogen-bond acceptors (Lipinski definition) is 3. The topological polar surface area (TPSA) is 30.9 Å². The Kier molecular flexibility index (Phi) is 2.71. The smallest absolute Gasteiger partial charge is 0.0670 e. The van der Waals surface area contributed by atoms with Gasteiger partial charge in [-0.2, -0.15) is 0 Å². The summed E-state index contributed by atoms with van der Waals surface area (Å²) in [5.41, 5.74) is 9.44. The fourth-order valence-corrected chi connectivity index (χ4v) is 3.06. The van der Waals surface area contributed by atoms with Gasteiger partial charge in [0.2, 0.25) is 0 Å². The monoisotopic (exact) mass is 238 g/mol. The van der Waals surface area contributed by atoms with Crippen LogP contribution in [-0.4, -0.2) is 3.96 Å². The molecule has 0 fully saturated rings. The van der Waals surface area contributed by atoms with Gasteiger partial charge in [-0.05, 0) is 37.8 Å². The number of nitrogens with zero attached hydrogens (tertiary/aromatic N) is 1. The van der Waals surface area contributed by atoms with Crippen molar-refractivity contribution in [2.45, 2.75) is 20.8 Å². The average molecular weight is 238 g/mol. The van der Waals surface area contributed by atoms with Gasteiger partial charge in [-0.1, -0.05) is 11.5 Å². The van der Waals surface area contributed by atoms with Gasteiger partial charge in [0.15, 0.2) is 0 Å². The molecular weight excluding hydrogens is 224 g/mol. The van der Waals surface area contributed by atoms with Gasteiger partial charge in [-0.15, -0.1) is 11.3 Å². The van der Waals surface area contributed by atoms with E-state index in [1.807, 2.05) is 6.20 Å². The predicted molar refractivity (Wildman–Crippen MR) is 69.2 cm³/mol. The van der Waals surface area contributed by atoms with Gasteiger partial charge < -0.3 is 5.73 Å². The molecule has 2 nitrogen and oxygen atoms in total. The predicted octanol–water partition coefficient (Wildman–Crippen LogP) is 3.45. The van der Waals surface area contributed by atoms with Crippen LogP contribution in [-0.2, 0) is 0 Å². The maximum absolute atomic E-state index is 6.05. The molecule has 2 aromatic rings. The first-order valence-electron chi connectivity index (χ1n) is 4.76. The van der Waals surface area contributed by atoms with Crippen molar-refractivity contribution in [3.8, 4) is 0 Å². The number of rotatable bonds is 2.